The van der Waals surface area contributed by atoms with Crippen LogP contribution in [0.4, 0.5) is 0 Å². The van der Waals surface area contributed by atoms with Crippen molar-refractivity contribution in [2.75, 3.05) is 6.54 Å². The van der Waals surface area contributed by atoms with Crippen molar-refractivity contribution in [2.45, 2.75) is 56.6 Å². The number of nitrogens with one attached hydrogen (secondary N) is 1. The van der Waals surface area contributed by atoms with Gasteiger partial charge in [-0.05, 0) is 44.2 Å². The van der Waals surface area contributed by atoms with Gasteiger partial charge in [0.1, 0.15) is 11.9 Å². The maximum atomic E-state index is 13.1. The number of H-pyrrole nitrogens is 1. The number of likely N-dealkylation sites (tertiary alicyclic amines) is 1. The summed E-state index contributed by atoms with van der Waals surface area (Å²) >= 11 is 0. The first-order valence-corrected chi connectivity index (χ1v) is 8.78. The van der Waals surface area contributed by atoms with Gasteiger partial charge in [0.05, 0.1) is 18.4 Å². The molecule has 2 aliphatic rings. The van der Waals surface area contributed by atoms with Gasteiger partial charge in [0, 0.05) is 30.3 Å². The Morgan fingerprint density at radius 3 is 3.21 bits per heavy atom. The first-order chi connectivity index (χ1) is 11.7. The number of furan rings is 1. The molecule has 3 atom stereocenters. The Morgan fingerprint density at radius 1 is 1.46 bits per heavy atom. The molecule has 2 aromatic rings. The van der Waals surface area contributed by atoms with Gasteiger partial charge in [0.2, 0.25) is 5.91 Å². The summed E-state index contributed by atoms with van der Waals surface area (Å²) in [6.45, 7) is 0.776. The highest BCUT2D eigenvalue weighted by molar-refractivity contribution is 5.84. The molecule has 2 aromatic heterocycles. The third kappa shape index (κ3) is 2.75. The number of hydrogen-bond donors (Lipinski definition) is 2. The summed E-state index contributed by atoms with van der Waals surface area (Å²) in [5, 5.41) is 17.5. The molecule has 1 amide bonds. The molecule has 0 saturated carbocycles. The van der Waals surface area contributed by atoms with Gasteiger partial charge in [0.15, 0.2) is 0 Å². The SMILES string of the molecule is O=C([C@@H]1CCCc2[nH]ncc21)N1CCC[C@@H]1C[C@H](O)c1ccco1. The molecule has 3 heterocycles. The van der Waals surface area contributed by atoms with Crippen molar-refractivity contribution in [2.24, 2.45) is 0 Å². The summed E-state index contributed by atoms with van der Waals surface area (Å²) < 4.78 is 5.29. The molecule has 1 saturated heterocycles. The van der Waals surface area contributed by atoms with Crippen molar-refractivity contribution in [1.82, 2.24) is 15.1 Å². The average Bonchev–Trinajstić information content (AvgIpc) is 3.33. The molecule has 6 nitrogen and oxygen atoms in total. The van der Waals surface area contributed by atoms with Gasteiger partial charge >= 0.3 is 0 Å². The normalized spacial score (nSPS) is 24.8. The molecule has 1 aliphatic heterocycles. The number of carbonyl (C=O) groups excluding carboxylic acids is 1. The van der Waals surface area contributed by atoms with Crippen LogP contribution in [0.2, 0.25) is 0 Å². The molecule has 4 rings (SSSR count). The van der Waals surface area contributed by atoms with Crippen molar-refractivity contribution in [3.63, 3.8) is 0 Å². The third-order valence-corrected chi connectivity index (χ3v) is 5.37. The van der Waals surface area contributed by atoms with E-state index in [0.717, 1.165) is 49.9 Å². The molecule has 0 spiro atoms. The Bertz CT molecular complexity index is 694. The number of fused-ring (bicyclic) bond motifs is 1. The number of aliphatic hydroxyl groups excluding tert-OH is 1. The van der Waals surface area contributed by atoms with Crippen LogP contribution in [0.3, 0.4) is 0 Å². The molecule has 2 N–H and O–H groups in total. The lowest BCUT2D eigenvalue weighted by atomic mass is 9.86. The van der Waals surface area contributed by atoms with Crippen molar-refractivity contribution in [1.29, 1.82) is 0 Å². The Hall–Kier alpha value is -2.08. The monoisotopic (exact) mass is 329 g/mol. The lowest BCUT2D eigenvalue weighted by Crippen LogP contribution is -2.40. The molecule has 0 radical (unpaired) electrons. The molecule has 24 heavy (non-hydrogen) atoms. The summed E-state index contributed by atoms with van der Waals surface area (Å²) in [5.41, 5.74) is 2.16. The van der Waals surface area contributed by atoms with Crippen LogP contribution in [-0.2, 0) is 11.2 Å². The maximum absolute atomic E-state index is 13.1. The van der Waals surface area contributed by atoms with E-state index in [0.29, 0.717) is 12.2 Å². The number of aromatic amines is 1. The predicted octanol–water partition coefficient (Wildman–Crippen LogP) is 2.54. The minimum Gasteiger partial charge on any atom is -0.467 e. The van der Waals surface area contributed by atoms with Crippen LogP contribution in [0, 0.1) is 0 Å². The summed E-state index contributed by atoms with van der Waals surface area (Å²) in [4.78, 5) is 15.1. The number of aromatic nitrogens is 2. The van der Waals surface area contributed by atoms with E-state index < -0.39 is 6.10 Å². The standard InChI is InChI=1S/C18H23N3O3/c22-16(17-7-3-9-24-17)10-12-4-2-8-21(12)18(23)13-5-1-6-15-14(13)11-19-20-15/h3,7,9,11-13,16,22H,1-2,4-6,8,10H2,(H,19,20)/t12-,13-,16+/m1/s1. The molecule has 0 unspecified atom stereocenters. The highest BCUT2D eigenvalue weighted by Crippen LogP contribution is 2.35. The number of hydrogen-bond acceptors (Lipinski definition) is 4. The minimum absolute atomic E-state index is 0.0786. The molecule has 0 bridgehead atoms. The van der Waals surface area contributed by atoms with Gasteiger partial charge in [-0.25, -0.2) is 0 Å². The van der Waals surface area contributed by atoms with Crippen LogP contribution in [0.25, 0.3) is 0 Å². The van der Waals surface area contributed by atoms with Gasteiger partial charge in [-0.1, -0.05) is 0 Å². The van der Waals surface area contributed by atoms with Crippen LogP contribution < -0.4 is 0 Å². The largest absolute Gasteiger partial charge is 0.467 e. The molecule has 0 aromatic carbocycles. The predicted molar refractivity (Wildman–Crippen MR) is 87.3 cm³/mol. The Balaban J connectivity index is 1.48. The Morgan fingerprint density at radius 2 is 2.38 bits per heavy atom. The fourth-order valence-electron chi connectivity index (χ4n) is 4.14. The van der Waals surface area contributed by atoms with Gasteiger partial charge < -0.3 is 14.4 Å². The van der Waals surface area contributed by atoms with E-state index in [1.807, 2.05) is 4.90 Å². The zero-order valence-electron chi connectivity index (χ0n) is 13.6. The average molecular weight is 329 g/mol. The van der Waals surface area contributed by atoms with Crippen molar-refractivity contribution in [3.8, 4) is 0 Å². The summed E-state index contributed by atoms with van der Waals surface area (Å²) in [7, 11) is 0. The zero-order valence-corrected chi connectivity index (χ0v) is 13.6. The summed E-state index contributed by atoms with van der Waals surface area (Å²) in [6, 6.07) is 3.64. The smallest absolute Gasteiger partial charge is 0.230 e. The number of aryl methyl sites for hydroxylation is 1. The van der Waals surface area contributed by atoms with E-state index in [-0.39, 0.29) is 17.9 Å². The van der Waals surface area contributed by atoms with Crippen LogP contribution in [-0.4, -0.2) is 38.7 Å². The number of carbonyl (C=O) groups is 1. The van der Waals surface area contributed by atoms with E-state index >= 15 is 0 Å². The first-order valence-electron chi connectivity index (χ1n) is 8.78. The van der Waals surface area contributed by atoms with Gasteiger partial charge in [-0.3, -0.25) is 9.89 Å². The van der Waals surface area contributed by atoms with Gasteiger partial charge in [0.25, 0.3) is 0 Å². The number of amides is 1. The summed E-state index contributed by atoms with van der Waals surface area (Å²) in [6.07, 6.45) is 8.05. The van der Waals surface area contributed by atoms with Gasteiger partial charge in [-0.15, -0.1) is 0 Å². The lowest BCUT2D eigenvalue weighted by Gasteiger charge is -2.31. The topological polar surface area (TPSA) is 82.4 Å². The van der Waals surface area contributed by atoms with E-state index in [9.17, 15) is 9.90 Å². The highest BCUT2D eigenvalue weighted by atomic mass is 16.4. The van der Waals surface area contributed by atoms with Gasteiger partial charge in [-0.2, -0.15) is 5.10 Å². The molecular weight excluding hydrogens is 306 g/mol. The number of aliphatic hydroxyl groups is 1. The molecular formula is C18H23N3O3. The van der Waals surface area contributed by atoms with E-state index in [1.54, 1.807) is 24.6 Å². The van der Waals surface area contributed by atoms with Crippen molar-refractivity contribution >= 4 is 5.91 Å². The Kier molecular flexibility index (Phi) is 4.14. The molecule has 6 heteroatoms. The van der Waals surface area contributed by atoms with E-state index in [4.69, 9.17) is 4.42 Å². The number of nitrogens with zero attached hydrogens (tertiary/aromatic N) is 2. The molecule has 1 aliphatic carbocycles. The lowest BCUT2D eigenvalue weighted by molar-refractivity contribution is -0.134. The van der Waals surface area contributed by atoms with Crippen molar-refractivity contribution < 1.29 is 14.3 Å². The quantitative estimate of drug-likeness (QED) is 0.903. The highest BCUT2D eigenvalue weighted by Gasteiger charge is 2.37. The molecule has 1 fully saturated rings. The molecule has 128 valence electrons. The van der Waals surface area contributed by atoms with Crippen LogP contribution >= 0.6 is 0 Å². The van der Waals surface area contributed by atoms with E-state index in [1.165, 1.54) is 0 Å². The second-order valence-corrected chi connectivity index (χ2v) is 6.84. The zero-order chi connectivity index (χ0) is 16.5. The van der Waals surface area contributed by atoms with Crippen molar-refractivity contribution in [3.05, 3.63) is 41.6 Å². The third-order valence-electron chi connectivity index (χ3n) is 5.37. The fraction of sp³-hybridized carbons (Fsp3) is 0.556. The Labute approximate surface area is 140 Å². The number of rotatable bonds is 4. The van der Waals surface area contributed by atoms with Crippen LogP contribution in [0.15, 0.2) is 29.0 Å². The second kappa shape index (κ2) is 6.43. The summed E-state index contributed by atoms with van der Waals surface area (Å²) in [5.74, 6) is 0.671. The van der Waals surface area contributed by atoms with Crippen LogP contribution in [0.5, 0.6) is 0 Å². The second-order valence-electron chi connectivity index (χ2n) is 6.84. The van der Waals surface area contributed by atoms with Crippen LogP contribution in [0.1, 0.15) is 61.1 Å². The fourth-order valence-corrected chi connectivity index (χ4v) is 4.14. The van der Waals surface area contributed by atoms with E-state index in [2.05, 4.69) is 10.2 Å². The first kappa shape index (κ1) is 15.4. The minimum atomic E-state index is -0.658. The maximum Gasteiger partial charge on any atom is 0.230 e.